The lowest BCUT2D eigenvalue weighted by Gasteiger charge is -2.34. The fourth-order valence-electron chi connectivity index (χ4n) is 1.78. The van der Waals surface area contributed by atoms with E-state index in [2.05, 4.69) is 19.0 Å². The van der Waals surface area contributed by atoms with Crippen LogP contribution in [0.15, 0.2) is 0 Å². The molecule has 4 nitrogen and oxygen atoms in total. The van der Waals surface area contributed by atoms with E-state index in [4.69, 9.17) is 4.74 Å². The molecule has 82 valence electrons. The summed E-state index contributed by atoms with van der Waals surface area (Å²) in [6, 6.07) is 0.612. The van der Waals surface area contributed by atoms with Crippen LogP contribution >= 0.6 is 0 Å². The highest BCUT2D eigenvalue weighted by Crippen LogP contribution is 2.14. The van der Waals surface area contributed by atoms with Crippen molar-refractivity contribution in [3.05, 3.63) is 0 Å². The third kappa shape index (κ3) is 2.87. The van der Waals surface area contributed by atoms with E-state index >= 15 is 0 Å². The van der Waals surface area contributed by atoms with Gasteiger partial charge in [0.05, 0.1) is 6.61 Å². The Kier molecular flexibility index (Phi) is 4.20. The lowest BCUT2D eigenvalue weighted by atomic mass is 10.0. The quantitative estimate of drug-likeness (QED) is 0.670. The van der Waals surface area contributed by atoms with E-state index in [9.17, 15) is 4.79 Å². The monoisotopic (exact) mass is 200 g/mol. The first-order valence-electron chi connectivity index (χ1n) is 5.23. The number of hydrogen-bond donors (Lipinski definition) is 0. The highest BCUT2D eigenvalue weighted by Gasteiger charge is 2.24. The molecule has 0 bridgehead atoms. The van der Waals surface area contributed by atoms with E-state index in [1.807, 2.05) is 6.92 Å². The average Bonchev–Trinajstić information content (AvgIpc) is 2.18. The van der Waals surface area contributed by atoms with Gasteiger partial charge in [-0.15, -0.1) is 0 Å². The fourth-order valence-corrected chi connectivity index (χ4v) is 1.78. The summed E-state index contributed by atoms with van der Waals surface area (Å²) in [6.07, 6.45) is 1.93. The Balaban J connectivity index is 2.31. The van der Waals surface area contributed by atoms with Crippen molar-refractivity contribution in [3.8, 4) is 0 Å². The molecule has 0 atom stereocenters. The SMILES string of the molecule is CCOC(=O)N1CCC(N(C)C)CC1. The van der Waals surface area contributed by atoms with Crippen molar-refractivity contribution < 1.29 is 9.53 Å². The zero-order valence-corrected chi connectivity index (χ0v) is 9.32. The van der Waals surface area contributed by atoms with E-state index in [1.54, 1.807) is 4.90 Å². The lowest BCUT2D eigenvalue weighted by molar-refractivity contribution is 0.0850. The summed E-state index contributed by atoms with van der Waals surface area (Å²) in [6.45, 7) is 3.94. The van der Waals surface area contributed by atoms with Crippen LogP contribution in [0.5, 0.6) is 0 Å². The van der Waals surface area contributed by atoms with Crippen LogP contribution in [0.4, 0.5) is 4.79 Å². The van der Waals surface area contributed by atoms with E-state index in [0.29, 0.717) is 12.6 Å². The van der Waals surface area contributed by atoms with Crippen LogP contribution in [0.1, 0.15) is 19.8 Å². The molecule has 1 fully saturated rings. The smallest absolute Gasteiger partial charge is 0.409 e. The maximum atomic E-state index is 11.4. The van der Waals surface area contributed by atoms with Gasteiger partial charge >= 0.3 is 6.09 Å². The first-order chi connectivity index (χ1) is 6.65. The first kappa shape index (κ1) is 11.3. The Morgan fingerprint density at radius 2 is 2.00 bits per heavy atom. The van der Waals surface area contributed by atoms with Crippen LogP contribution in [0.25, 0.3) is 0 Å². The van der Waals surface area contributed by atoms with Crippen molar-refractivity contribution in [1.29, 1.82) is 0 Å². The van der Waals surface area contributed by atoms with Crippen molar-refractivity contribution >= 4 is 6.09 Å². The van der Waals surface area contributed by atoms with Crippen molar-refractivity contribution in [2.75, 3.05) is 33.8 Å². The van der Waals surface area contributed by atoms with E-state index in [1.165, 1.54) is 0 Å². The molecule has 0 unspecified atom stereocenters. The van der Waals surface area contributed by atoms with Crippen LogP contribution in [0, 0.1) is 0 Å². The molecule has 0 aromatic carbocycles. The molecule has 0 aliphatic carbocycles. The van der Waals surface area contributed by atoms with Gasteiger partial charge in [-0.2, -0.15) is 0 Å². The molecule has 0 N–H and O–H groups in total. The molecule has 4 heteroatoms. The molecule has 1 saturated heterocycles. The third-order valence-corrected chi connectivity index (χ3v) is 2.72. The summed E-state index contributed by atoms with van der Waals surface area (Å²) >= 11 is 0. The van der Waals surface area contributed by atoms with Crippen LogP contribution in [-0.2, 0) is 4.74 Å². The number of hydrogen-bond acceptors (Lipinski definition) is 3. The minimum atomic E-state index is -0.162. The van der Waals surface area contributed by atoms with Crippen LogP contribution in [0.3, 0.4) is 0 Å². The standard InChI is InChI=1S/C10H20N2O2/c1-4-14-10(13)12-7-5-9(6-8-12)11(2)3/h9H,4-8H2,1-3H3. The molecule has 1 aliphatic heterocycles. The van der Waals surface area contributed by atoms with E-state index in [-0.39, 0.29) is 6.09 Å². The average molecular weight is 200 g/mol. The van der Waals surface area contributed by atoms with E-state index in [0.717, 1.165) is 25.9 Å². The summed E-state index contributed by atoms with van der Waals surface area (Å²) in [5, 5.41) is 0. The Hall–Kier alpha value is -0.770. The Morgan fingerprint density at radius 1 is 1.43 bits per heavy atom. The number of amides is 1. The van der Waals surface area contributed by atoms with Gasteiger partial charge in [0.1, 0.15) is 0 Å². The van der Waals surface area contributed by atoms with Gasteiger partial charge in [0.15, 0.2) is 0 Å². The van der Waals surface area contributed by atoms with Gasteiger partial charge < -0.3 is 14.5 Å². The molecule has 0 aromatic heterocycles. The molecule has 1 rings (SSSR count). The second kappa shape index (κ2) is 5.20. The topological polar surface area (TPSA) is 32.8 Å². The second-order valence-electron chi connectivity index (χ2n) is 3.88. The van der Waals surface area contributed by atoms with Gasteiger partial charge in [0.25, 0.3) is 0 Å². The predicted molar refractivity (Wildman–Crippen MR) is 55.3 cm³/mol. The van der Waals surface area contributed by atoms with Gasteiger partial charge in [-0.3, -0.25) is 0 Å². The predicted octanol–water partition coefficient (Wildman–Crippen LogP) is 1.17. The van der Waals surface area contributed by atoms with Gasteiger partial charge in [-0.25, -0.2) is 4.79 Å². The molecule has 1 amide bonds. The summed E-state index contributed by atoms with van der Waals surface area (Å²) in [7, 11) is 4.18. The molecule has 0 aromatic rings. The largest absolute Gasteiger partial charge is 0.450 e. The van der Waals surface area contributed by atoms with Crippen molar-refractivity contribution in [2.45, 2.75) is 25.8 Å². The Bertz CT molecular complexity index is 187. The molecular formula is C10H20N2O2. The van der Waals surface area contributed by atoms with Crippen LogP contribution in [0.2, 0.25) is 0 Å². The molecule has 1 aliphatic rings. The fraction of sp³-hybridized carbons (Fsp3) is 0.900. The maximum Gasteiger partial charge on any atom is 0.409 e. The number of carbonyl (C=O) groups excluding carboxylic acids is 1. The second-order valence-corrected chi connectivity index (χ2v) is 3.88. The highest BCUT2D eigenvalue weighted by atomic mass is 16.6. The minimum absolute atomic E-state index is 0.162. The highest BCUT2D eigenvalue weighted by molar-refractivity contribution is 5.67. The van der Waals surface area contributed by atoms with E-state index < -0.39 is 0 Å². The summed E-state index contributed by atoms with van der Waals surface area (Å²) in [5.41, 5.74) is 0. The number of rotatable bonds is 2. The zero-order valence-electron chi connectivity index (χ0n) is 9.32. The third-order valence-electron chi connectivity index (χ3n) is 2.72. The van der Waals surface area contributed by atoms with Gasteiger partial charge in [0, 0.05) is 19.1 Å². The van der Waals surface area contributed by atoms with Crippen molar-refractivity contribution in [3.63, 3.8) is 0 Å². The van der Waals surface area contributed by atoms with Crippen molar-refractivity contribution in [1.82, 2.24) is 9.80 Å². The number of ether oxygens (including phenoxy) is 1. The summed E-state index contributed by atoms with van der Waals surface area (Å²) in [5.74, 6) is 0. The normalized spacial score (nSPS) is 18.7. The van der Waals surface area contributed by atoms with Gasteiger partial charge in [-0.05, 0) is 33.9 Å². The molecule has 0 saturated carbocycles. The summed E-state index contributed by atoms with van der Waals surface area (Å²) < 4.78 is 4.95. The zero-order chi connectivity index (χ0) is 10.6. The van der Waals surface area contributed by atoms with Crippen LogP contribution in [-0.4, -0.2) is 55.7 Å². The number of carbonyl (C=O) groups is 1. The maximum absolute atomic E-state index is 11.4. The van der Waals surface area contributed by atoms with Crippen molar-refractivity contribution in [2.24, 2.45) is 0 Å². The molecule has 14 heavy (non-hydrogen) atoms. The van der Waals surface area contributed by atoms with Gasteiger partial charge in [0.2, 0.25) is 0 Å². The molecule has 0 spiro atoms. The number of piperidine rings is 1. The Morgan fingerprint density at radius 3 is 2.43 bits per heavy atom. The number of nitrogens with zero attached hydrogens (tertiary/aromatic N) is 2. The minimum Gasteiger partial charge on any atom is -0.450 e. The summed E-state index contributed by atoms with van der Waals surface area (Å²) in [4.78, 5) is 15.4. The first-order valence-corrected chi connectivity index (χ1v) is 5.23. The number of likely N-dealkylation sites (tertiary alicyclic amines) is 1. The molecule has 0 radical (unpaired) electrons. The molecular weight excluding hydrogens is 180 g/mol. The van der Waals surface area contributed by atoms with Crippen LogP contribution < -0.4 is 0 Å². The Labute approximate surface area is 85.8 Å². The molecule has 1 heterocycles. The lowest BCUT2D eigenvalue weighted by Crippen LogP contribution is -2.44. The van der Waals surface area contributed by atoms with Gasteiger partial charge in [-0.1, -0.05) is 0 Å².